The minimum Gasteiger partial charge on any atom is -0.367 e. The van der Waals surface area contributed by atoms with Crippen LogP contribution in [0.2, 0.25) is 0 Å². The molecule has 1 aromatic rings. The Bertz CT molecular complexity index is 551. The van der Waals surface area contributed by atoms with E-state index < -0.39 is 11.9 Å². The fourth-order valence-electron chi connectivity index (χ4n) is 3.40. The third kappa shape index (κ3) is 14.2. The van der Waals surface area contributed by atoms with Crippen molar-refractivity contribution >= 4 is 11.9 Å². The molecule has 6 heteroatoms. The van der Waals surface area contributed by atoms with Crippen LogP contribution >= 0.6 is 0 Å². The van der Waals surface area contributed by atoms with Crippen molar-refractivity contribution in [2.45, 2.75) is 104 Å². The van der Waals surface area contributed by atoms with Gasteiger partial charge in [-0.1, -0.05) is 90.9 Å². The molecule has 0 aliphatic carbocycles. The monoisotopic (exact) mass is 448 g/mol. The number of unbranched alkanes of at least 4 members (excludes halogenated alkanes) is 12. The molecule has 1 rings (SSSR count). The van der Waals surface area contributed by atoms with Crippen molar-refractivity contribution in [3.05, 3.63) is 35.4 Å². The molecule has 0 saturated heterocycles. The Kier molecular flexibility index (Phi) is 17.3. The summed E-state index contributed by atoms with van der Waals surface area (Å²) in [5, 5.41) is 0. The molecule has 0 saturated carbocycles. The molecule has 0 aliphatic heterocycles. The van der Waals surface area contributed by atoms with Crippen molar-refractivity contribution in [3.63, 3.8) is 0 Å². The molecule has 6 nitrogen and oxygen atoms in total. The molecule has 0 aromatic heterocycles. The van der Waals surface area contributed by atoms with E-state index >= 15 is 0 Å². The Morgan fingerprint density at radius 3 is 1.22 bits per heavy atom. The minimum atomic E-state index is -0.454. The number of hydrogen-bond donors (Lipinski definition) is 2. The zero-order valence-electron chi connectivity index (χ0n) is 20.3. The number of carbonyl (C=O) groups excluding carboxylic acids is 2. The average molecular weight is 449 g/mol. The topological polar surface area (TPSA) is 76.7 Å². The zero-order chi connectivity index (χ0) is 23.3. The summed E-state index contributed by atoms with van der Waals surface area (Å²) in [6.07, 6.45) is 17.0. The average Bonchev–Trinajstić information content (AvgIpc) is 2.81. The highest BCUT2D eigenvalue weighted by molar-refractivity contribution is 5.93. The summed E-state index contributed by atoms with van der Waals surface area (Å²) in [5.74, 6) is -0.908. The summed E-state index contributed by atoms with van der Waals surface area (Å²) in [7, 11) is 0. The van der Waals surface area contributed by atoms with Gasteiger partial charge in [0.25, 0.3) is 0 Å². The van der Waals surface area contributed by atoms with E-state index in [1.807, 2.05) is 0 Å². The molecule has 0 amide bonds. The van der Waals surface area contributed by atoms with E-state index in [1.54, 1.807) is 24.3 Å². The number of rotatable bonds is 20. The molecule has 32 heavy (non-hydrogen) atoms. The van der Waals surface area contributed by atoms with Crippen LogP contribution in [0.25, 0.3) is 0 Å². The SMILES string of the molecule is CCCCCCCCCNOC(=O)c1ccc(C(=O)ONCCCCCCCCC)cc1. The van der Waals surface area contributed by atoms with Gasteiger partial charge in [-0.2, -0.15) is 11.0 Å². The van der Waals surface area contributed by atoms with E-state index in [4.69, 9.17) is 9.68 Å². The van der Waals surface area contributed by atoms with Crippen molar-refractivity contribution in [2.75, 3.05) is 13.1 Å². The molecule has 0 spiro atoms. The molecule has 0 fully saturated rings. The molecule has 0 heterocycles. The fraction of sp³-hybridized carbons (Fsp3) is 0.692. The zero-order valence-corrected chi connectivity index (χ0v) is 20.3. The second-order valence-corrected chi connectivity index (χ2v) is 8.39. The van der Waals surface area contributed by atoms with E-state index in [0.29, 0.717) is 24.2 Å². The fourth-order valence-corrected chi connectivity index (χ4v) is 3.40. The molecule has 182 valence electrons. The van der Waals surface area contributed by atoms with Crippen LogP contribution in [0.4, 0.5) is 0 Å². The lowest BCUT2D eigenvalue weighted by Gasteiger charge is -2.08. The summed E-state index contributed by atoms with van der Waals surface area (Å²) >= 11 is 0. The lowest BCUT2D eigenvalue weighted by Crippen LogP contribution is -2.22. The van der Waals surface area contributed by atoms with Gasteiger partial charge in [0.05, 0.1) is 11.1 Å². The number of nitrogens with one attached hydrogen (secondary N) is 2. The second kappa shape index (κ2) is 19.7. The predicted octanol–water partition coefficient (Wildman–Crippen LogP) is 6.51. The Morgan fingerprint density at radius 1 is 0.562 bits per heavy atom. The van der Waals surface area contributed by atoms with Gasteiger partial charge < -0.3 is 9.68 Å². The maximum Gasteiger partial charge on any atom is 0.356 e. The number of hydroxylamine groups is 2. The molecule has 2 N–H and O–H groups in total. The van der Waals surface area contributed by atoms with Gasteiger partial charge in [0.2, 0.25) is 0 Å². The Balaban J connectivity index is 2.11. The number of carbonyl (C=O) groups is 2. The van der Waals surface area contributed by atoms with Crippen LogP contribution in [0, 0.1) is 0 Å². The van der Waals surface area contributed by atoms with E-state index in [1.165, 1.54) is 64.2 Å². The van der Waals surface area contributed by atoms with Crippen LogP contribution in [0.5, 0.6) is 0 Å². The Labute approximate surface area is 194 Å². The van der Waals surface area contributed by atoms with Gasteiger partial charge >= 0.3 is 11.9 Å². The van der Waals surface area contributed by atoms with Crippen LogP contribution in [0.15, 0.2) is 24.3 Å². The first kappa shape index (κ1) is 28.1. The Hall–Kier alpha value is -1.92. The van der Waals surface area contributed by atoms with E-state index in [-0.39, 0.29) is 0 Å². The van der Waals surface area contributed by atoms with E-state index in [2.05, 4.69) is 24.8 Å². The highest BCUT2D eigenvalue weighted by atomic mass is 16.7. The maximum atomic E-state index is 12.1. The van der Waals surface area contributed by atoms with Gasteiger partial charge in [0.1, 0.15) is 0 Å². The van der Waals surface area contributed by atoms with Gasteiger partial charge in [-0.25, -0.2) is 9.59 Å². The molecule has 0 unspecified atom stereocenters. The molecular weight excluding hydrogens is 404 g/mol. The number of benzene rings is 1. The van der Waals surface area contributed by atoms with Gasteiger partial charge in [-0.15, -0.1) is 0 Å². The van der Waals surface area contributed by atoms with Gasteiger partial charge in [0, 0.05) is 13.1 Å². The third-order valence-corrected chi connectivity index (χ3v) is 5.45. The molecule has 0 aliphatic rings. The minimum absolute atomic E-state index is 0.393. The molecule has 0 radical (unpaired) electrons. The van der Waals surface area contributed by atoms with Crippen LogP contribution in [-0.2, 0) is 9.68 Å². The summed E-state index contributed by atoms with van der Waals surface area (Å²) in [5.41, 5.74) is 6.25. The van der Waals surface area contributed by atoms with Crippen LogP contribution in [-0.4, -0.2) is 25.0 Å². The first-order valence-electron chi connectivity index (χ1n) is 12.7. The summed E-state index contributed by atoms with van der Waals surface area (Å²) in [6, 6.07) is 6.30. The van der Waals surface area contributed by atoms with Crippen molar-refractivity contribution < 1.29 is 19.3 Å². The van der Waals surface area contributed by atoms with Crippen molar-refractivity contribution in [3.8, 4) is 0 Å². The van der Waals surface area contributed by atoms with Crippen molar-refractivity contribution in [2.24, 2.45) is 0 Å². The van der Waals surface area contributed by atoms with Crippen LogP contribution in [0.3, 0.4) is 0 Å². The van der Waals surface area contributed by atoms with Crippen molar-refractivity contribution in [1.29, 1.82) is 0 Å². The highest BCUT2D eigenvalue weighted by Crippen LogP contribution is 2.09. The summed E-state index contributed by atoms with van der Waals surface area (Å²) in [4.78, 5) is 34.3. The van der Waals surface area contributed by atoms with Crippen LogP contribution < -0.4 is 11.0 Å². The first-order chi connectivity index (χ1) is 15.7. The quantitative estimate of drug-likeness (QED) is 0.175. The maximum absolute atomic E-state index is 12.1. The van der Waals surface area contributed by atoms with Crippen molar-refractivity contribution in [1.82, 2.24) is 11.0 Å². The summed E-state index contributed by atoms with van der Waals surface area (Å²) < 4.78 is 0. The number of hydrogen-bond acceptors (Lipinski definition) is 6. The normalized spacial score (nSPS) is 10.8. The van der Waals surface area contributed by atoms with Crippen LogP contribution in [0.1, 0.15) is 124 Å². The standard InChI is InChI=1S/C26H44N2O4/c1-3-5-7-9-11-13-15-21-27-31-25(29)23-17-19-24(20-18-23)26(30)32-28-22-16-14-12-10-8-6-4-2/h17-20,27-28H,3-16,21-22H2,1-2H3. The molecule has 0 atom stereocenters. The lowest BCUT2D eigenvalue weighted by atomic mass is 10.1. The predicted molar refractivity (Wildman–Crippen MR) is 129 cm³/mol. The third-order valence-electron chi connectivity index (χ3n) is 5.45. The largest absolute Gasteiger partial charge is 0.367 e. The van der Waals surface area contributed by atoms with E-state index in [0.717, 1.165) is 25.7 Å². The summed E-state index contributed by atoms with van der Waals surface area (Å²) in [6.45, 7) is 5.73. The lowest BCUT2D eigenvalue weighted by molar-refractivity contribution is 0.0237. The first-order valence-corrected chi connectivity index (χ1v) is 12.7. The smallest absolute Gasteiger partial charge is 0.356 e. The van der Waals surface area contributed by atoms with E-state index in [9.17, 15) is 9.59 Å². The van der Waals surface area contributed by atoms with Gasteiger partial charge in [-0.05, 0) is 37.1 Å². The van der Waals surface area contributed by atoms with Gasteiger partial charge in [0.15, 0.2) is 0 Å². The molecular formula is C26H44N2O4. The molecule has 0 bridgehead atoms. The van der Waals surface area contributed by atoms with Gasteiger partial charge in [-0.3, -0.25) is 0 Å². The highest BCUT2D eigenvalue weighted by Gasteiger charge is 2.11. The molecule has 1 aromatic carbocycles. The Morgan fingerprint density at radius 2 is 0.875 bits per heavy atom. The second-order valence-electron chi connectivity index (χ2n) is 8.39.